The van der Waals surface area contributed by atoms with E-state index >= 15 is 0 Å². The van der Waals surface area contributed by atoms with Crippen LogP contribution in [0.5, 0.6) is 0 Å². The number of amides is 2. The number of likely N-dealkylation sites (N-methyl/N-ethyl adjacent to an activating group) is 1. The Bertz CT molecular complexity index is 693. The van der Waals surface area contributed by atoms with Crippen LogP contribution >= 0.6 is 0 Å². The summed E-state index contributed by atoms with van der Waals surface area (Å²) >= 11 is 0. The number of aromatic nitrogens is 2. The number of aryl methyl sites for hydroxylation is 2. The zero-order valence-corrected chi connectivity index (χ0v) is 16.9. The first kappa shape index (κ1) is 20.3. The molecule has 3 rings (SSSR count). The lowest BCUT2D eigenvalue weighted by atomic mass is 9.85. The Morgan fingerprint density at radius 3 is 2.32 bits per heavy atom. The standard InChI is InChI=1S/C19H30N6O3/c1-4-23(12-17(26)27)16-10-15(11-16)22-19(28)25-7-5-24(6-8-25)18-20-13(2)9-14(3)21-18/h9,15-16H,4-8,10-12H2,1-3H3,(H,22,28)(H,26,27). The summed E-state index contributed by atoms with van der Waals surface area (Å²) in [7, 11) is 0. The van der Waals surface area contributed by atoms with E-state index in [0.29, 0.717) is 32.7 Å². The van der Waals surface area contributed by atoms with E-state index in [1.807, 2.05) is 36.6 Å². The molecule has 0 spiro atoms. The summed E-state index contributed by atoms with van der Waals surface area (Å²) < 4.78 is 0. The van der Waals surface area contributed by atoms with Gasteiger partial charge < -0.3 is 20.2 Å². The van der Waals surface area contributed by atoms with Gasteiger partial charge in [0, 0.05) is 49.7 Å². The Kier molecular flexibility index (Phi) is 6.33. The summed E-state index contributed by atoms with van der Waals surface area (Å²) in [5.41, 5.74) is 1.90. The van der Waals surface area contributed by atoms with E-state index < -0.39 is 5.97 Å². The Morgan fingerprint density at radius 1 is 1.18 bits per heavy atom. The van der Waals surface area contributed by atoms with Crippen LogP contribution in [0.4, 0.5) is 10.7 Å². The van der Waals surface area contributed by atoms with E-state index in [1.165, 1.54) is 0 Å². The summed E-state index contributed by atoms with van der Waals surface area (Å²) in [5, 5.41) is 12.1. The number of aliphatic carboxylic acids is 1. The maximum atomic E-state index is 12.5. The zero-order valence-electron chi connectivity index (χ0n) is 16.9. The van der Waals surface area contributed by atoms with E-state index in [4.69, 9.17) is 5.11 Å². The average molecular weight is 390 g/mol. The molecule has 0 atom stereocenters. The molecular formula is C19H30N6O3. The van der Waals surface area contributed by atoms with Gasteiger partial charge in [-0.05, 0) is 39.3 Å². The van der Waals surface area contributed by atoms with Crippen molar-refractivity contribution in [1.29, 1.82) is 0 Å². The first-order valence-corrected chi connectivity index (χ1v) is 9.94. The first-order chi connectivity index (χ1) is 13.4. The summed E-state index contributed by atoms with van der Waals surface area (Å²) in [6.45, 7) is 9.36. The number of carboxylic acids is 1. The van der Waals surface area contributed by atoms with Gasteiger partial charge in [0.1, 0.15) is 0 Å². The van der Waals surface area contributed by atoms with E-state index in [-0.39, 0.29) is 24.7 Å². The fourth-order valence-electron chi connectivity index (χ4n) is 3.90. The fraction of sp³-hybridized carbons (Fsp3) is 0.684. The summed E-state index contributed by atoms with van der Waals surface area (Å²) in [4.78, 5) is 38.4. The minimum atomic E-state index is -0.806. The van der Waals surface area contributed by atoms with Gasteiger partial charge in [0.25, 0.3) is 0 Å². The Labute approximate surface area is 165 Å². The van der Waals surface area contributed by atoms with E-state index in [9.17, 15) is 9.59 Å². The van der Waals surface area contributed by atoms with Gasteiger partial charge in [-0.15, -0.1) is 0 Å². The molecule has 0 bridgehead atoms. The quantitative estimate of drug-likeness (QED) is 0.743. The van der Waals surface area contributed by atoms with Gasteiger partial charge in [-0.3, -0.25) is 9.69 Å². The van der Waals surface area contributed by atoms with E-state index in [0.717, 1.165) is 30.2 Å². The minimum absolute atomic E-state index is 0.0364. The van der Waals surface area contributed by atoms with Gasteiger partial charge in [0.15, 0.2) is 0 Å². The molecule has 1 saturated heterocycles. The van der Waals surface area contributed by atoms with Gasteiger partial charge in [0.05, 0.1) is 6.54 Å². The van der Waals surface area contributed by atoms with E-state index in [2.05, 4.69) is 20.2 Å². The number of anilines is 1. The molecule has 2 amide bonds. The van der Waals surface area contributed by atoms with Crippen LogP contribution in [0.15, 0.2) is 6.07 Å². The third kappa shape index (κ3) is 4.89. The number of hydrogen-bond donors (Lipinski definition) is 2. The number of nitrogens with one attached hydrogen (secondary N) is 1. The third-order valence-electron chi connectivity index (χ3n) is 5.52. The predicted molar refractivity (Wildman–Crippen MR) is 106 cm³/mol. The average Bonchev–Trinajstić information content (AvgIpc) is 2.61. The SMILES string of the molecule is CCN(CC(=O)O)C1CC(NC(=O)N2CCN(c3nc(C)cc(C)n3)CC2)C1. The second-order valence-electron chi connectivity index (χ2n) is 7.65. The number of rotatable bonds is 6. The topological polar surface area (TPSA) is 102 Å². The van der Waals surface area contributed by atoms with Gasteiger partial charge in [-0.2, -0.15) is 0 Å². The largest absolute Gasteiger partial charge is 0.480 e. The van der Waals surface area contributed by atoms with Crippen molar-refractivity contribution in [2.75, 3.05) is 44.2 Å². The molecule has 9 nitrogen and oxygen atoms in total. The van der Waals surface area contributed by atoms with Gasteiger partial charge in [0.2, 0.25) is 5.95 Å². The number of nitrogens with zero attached hydrogens (tertiary/aromatic N) is 5. The predicted octanol–water partition coefficient (Wildman–Crippen LogP) is 0.863. The number of urea groups is 1. The lowest BCUT2D eigenvalue weighted by Crippen LogP contribution is -2.59. The highest BCUT2D eigenvalue weighted by Crippen LogP contribution is 2.26. The lowest BCUT2D eigenvalue weighted by molar-refractivity contribution is -0.139. The summed E-state index contributed by atoms with van der Waals surface area (Å²) in [6, 6.07) is 2.28. The molecule has 1 aliphatic carbocycles. The Morgan fingerprint density at radius 2 is 1.79 bits per heavy atom. The van der Waals surface area contributed by atoms with Crippen LogP contribution < -0.4 is 10.2 Å². The van der Waals surface area contributed by atoms with Crippen molar-refractivity contribution in [3.63, 3.8) is 0 Å². The van der Waals surface area contributed by atoms with Crippen molar-refractivity contribution in [2.24, 2.45) is 0 Å². The number of carbonyl (C=O) groups is 2. The van der Waals surface area contributed by atoms with E-state index in [1.54, 1.807) is 0 Å². The maximum absolute atomic E-state index is 12.5. The molecule has 0 radical (unpaired) electrons. The van der Waals surface area contributed by atoms with Gasteiger partial charge in [-0.1, -0.05) is 6.92 Å². The molecule has 2 fully saturated rings. The van der Waals surface area contributed by atoms with Crippen LogP contribution in [0.2, 0.25) is 0 Å². The lowest BCUT2D eigenvalue weighted by Gasteiger charge is -2.43. The van der Waals surface area contributed by atoms with Crippen molar-refractivity contribution >= 4 is 17.9 Å². The van der Waals surface area contributed by atoms with Crippen molar-refractivity contribution in [1.82, 2.24) is 25.1 Å². The molecule has 2 aliphatic rings. The maximum Gasteiger partial charge on any atom is 0.317 e. The highest BCUT2D eigenvalue weighted by Gasteiger charge is 2.35. The number of carbonyl (C=O) groups excluding carboxylic acids is 1. The van der Waals surface area contributed by atoms with Gasteiger partial charge in [-0.25, -0.2) is 14.8 Å². The van der Waals surface area contributed by atoms with Gasteiger partial charge >= 0.3 is 12.0 Å². The first-order valence-electron chi connectivity index (χ1n) is 9.94. The van der Waals surface area contributed by atoms with Crippen molar-refractivity contribution in [3.05, 3.63) is 17.5 Å². The molecule has 1 aliphatic heterocycles. The molecular weight excluding hydrogens is 360 g/mol. The number of piperazine rings is 1. The van der Waals surface area contributed by atoms with Crippen LogP contribution in [-0.2, 0) is 4.79 Å². The molecule has 0 unspecified atom stereocenters. The minimum Gasteiger partial charge on any atom is -0.480 e. The number of hydrogen-bond acceptors (Lipinski definition) is 6. The second-order valence-corrected chi connectivity index (χ2v) is 7.65. The Hall–Kier alpha value is -2.42. The van der Waals surface area contributed by atoms with Crippen molar-refractivity contribution in [3.8, 4) is 0 Å². The van der Waals surface area contributed by atoms with Crippen LogP contribution in [0.25, 0.3) is 0 Å². The molecule has 1 aromatic rings. The fourth-order valence-corrected chi connectivity index (χ4v) is 3.90. The van der Waals surface area contributed by atoms with Crippen LogP contribution in [0, 0.1) is 13.8 Å². The van der Waals surface area contributed by atoms with Crippen molar-refractivity contribution in [2.45, 2.75) is 45.7 Å². The molecule has 1 saturated carbocycles. The molecule has 28 heavy (non-hydrogen) atoms. The molecule has 1 aromatic heterocycles. The normalized spacial score (nSPS) is 22.1. The molecule has 0 aromatic carbocycles. The monoisotopic (exact) mass is 390 g/mol. The third-order valence-corrected chi connectivity index (χ3v) is 5.52. The second kappa shape index (κ2) is 8.72. The summed E-state index contributed by atoms with van der Waals surface area (Å²) in [5.74, 6) is -0.0718. The molecule has 2 N–H and O–H groups in total. The molecule has 9 heteroatoms. The van der Waals surface area contributed by atoms with Crippen molar-refractivity contribution < 1.29 is 14.7 Å². The zero-order chi connectivity index (χ0) is 20.3. The van der Waals surface area contributed by atoms with Crippen LogP contribution in [0.1, 0.15) is 31.2 Å². The van der Waals surface area contributed by atoms with Crippen LogP contribution in [-0.4, -0.2) is 88.2 Å². The molecule has 154 valence electrons. The number of carboxylic acid groups (broad SMARTS) is 1. The summed E-state index contributed by atoms with van der Waals surface area (Å²) in [6.07, 6.45) is 1.62. The Balaban J connectivity index is 1.43. The highest BCUT2D eigenvalue weighted by atomic mass is 16.4. The highest BCUT2D eigenvalue weighted by molar-refractivity contribution is 5.75. The van der Waals surface area contributed by atoms with Crippen LogP contribution in [0.3, 0.4) is 0 Å². The smallest absolute Gasteiger partial charge is 0.317 e. The molecule has 2 heterocycles.